The monoisotopic (exact) mass is 363 g/mol. The zero-order valence-corrected chi connectivity index (χ0v) is 14.4. The second kappa shape index (κ2) is 7.84. The third-order valence-electron chi connectivity index (χ3n) is 3.35. The molecule has 25 heavy (non-hydrogen) atoms. The van der Waals surface area contributed by atoms with Crippen LogP contribution in [0.15, 0.2) is 29.6 Å². The molecule has 2 N–H and O–H groups in total. The number of thiazole rings is 1. The van der Waals surface area contributed by atoms with Gasteiger partial charge >= 0.3 is 5.97 Å². The highest BCUT2D eigenvalue weighted by atomic mass is 32.1. The summed E-state index contributed by atoms with van der Waals surface area (Å²) in [5.74, 6) is -1.57. The molecule has 2 aromatic rings. The van der Waals surface area contributed by atoms with Crippen molar-refractivity contribution >= 4 is 28.9 Å². The number of carboxylic acid groups (broad SMARTS) is 1. The van der Waals surface area contributed by atoms with E-state index in [1.54, 1.807) is 6.07 Å². The minimum Gasteiger partial charge on any atom is -0.480 e. The number of benzene rings is 1. The number of carbonyl (C=O) groups excluding carboxylic acids is 1. The summed E-state index contributed by atoms with van der Waals surface area (Å²) >= 11 is 1.16. The molecule has 0 saturated heterocycles. The van der Waals surface area contributed by atoms with Crippen molar-refractivity contribution in [3.8, 4) is 10.6 Å². The summed E-state index contributed by atoms with van der Waals surface area (Å²) in [4.78, 5) is 38.0. The number of nitrogens with zero attached hydrogens (tertiary/aromatic N) is 2. The average Bonchev–Trinajstić information content (AvgIpc) is 3.04. The summed E-state index contributed by atoms with van der Waals surface area (Å²) in [6.45, 7) is 3.73. The van der Waals surface area contributed by atoms with E-state index < -0.39 is 22.8 Å². The summed E-state index contributed by atoms with van der Waals surface area (Å²) in [7, 11) is 0. The predicted octanol–water partition coefficient (Wildman–Crippen LogP) is 2.95. The highest BCUT2D eigenvalue weighted by molar-refractivity contribution is 7.13. The molecule has 8 nitrogen and oxygen atoms in total. The minimum absolute atomic E-state index is 0.0680. The number of rotatable bonds is 7. The molecule has 0 fully saturated rings. The van der Waals surface area contributed by atoms with Gasteiger partial charge in [0.05, 0.1) is 4.92 Å². The van der Waals surface area contributed by atoms with Crippen molar-refractivity contribution in [2.24, 2.45) is 5.92 Å². The quantitative estimate of drug-likeness (QED) is 0.576. The van der Waals surface area contributed by atoms with Gasteiger partial charge in [-0.15, -0.1) is 11.3 Å². The van der Waals surface area contributed by atoms with Gasteiger partial charge in [0.15, 0.2) is 0 Å². The molecule has 0 aliphatic carbocycles. The zero-order chi connectivity index (χ0) is 18.6. The summed E-state index contributed by atoms with van der Waals surface area (Å²) in [6, 6.07) is 4.95. The third-order valence-corrected chi connectivity index (χ3v) is 4.24. The molecule has 132 valence electrons. The van der Waals surface area contributed by atoms with E-state index in [1.807, 2.05) is 13.8 Å². The summed E-state index contributed by atoms with van der Waals surface area (Å²) < 4.78 is 0. The van der Waals surface area contributed by atoms with Crippen LogP contribution in [0.5, 0.6) is 0 Å². The number of carbonyl (C=O) groups is 2. The van der Waals surface area contributed by atoms with E-state index in [2.05, 4.69) is 10.3 Å². The number of hydrogen-bond donors (Lipinski definition) is 2. The van der Waals surface area contributed by atoms with Crippen molar-refractivity contribution in [3.63, 3.8) is 0 Å². The number of amides is 1. The van der Waals surface area contributed by atoms with Crippen LogP contribution in [-0.2, 0) is 4.79 Å². The molecule has 0 aliphatic heterocycles. The fraction of sp³-hybridized carbons (Fsp3) is 0.312. The first-order valence-electron chi connectivity index (χ1n) is 7.52. The molecule has 1 amide bonds. The Kier molecular flexibility index (Phi) is 5.81. The number of carboxylic acids is 1. The fourth-order valence-electron chi connectivity index (χ4n) is 2.19. The van der Waals surface area contributed by atoms with Crippen LogP contribution >= 0.6 is 11.3 Å². The van der Waals surface area contributed by atoms with Gasteiger partial charge in [-0.1, -0.05) is 26.0 Å². The lowest BCUT2D eigenvalue weighted by Crippen LogP contribution is -2.41. The number of aliphatic carboxylic acids is 1. The first kappa shape index (κ1) is 18.5. The molecule has 1 heterocycles. The van der Waals surface area contributed by atoms with Gasteiger partial charge < -0.3 is 10.4 Å². The highest BCUT2D eigenvalue weighted by Crippen LogP contribution is 2.26. The normalized spacial score (nSPS) is 12.0. The molecule has 1 atom stereocenters. The Hall–Kier alpha value is -2.81. The maximum atomic E-state index is 12.2. The minimum atomic E-state index is -1.10. The molecule has 0 saturated carbocycles. The molecular weight excluding hydrogens is 346 g/mol. The number of nitro benzene ring substituents is 1. The van der Waals surface area contributed by atoms with Crippen molar-refractivity contribution in [1.82, 2.24) is 10.3 Å². The molecule has 9 heteroatoms. The van der Waals surface area contributed by atoms with E-state index >= 15 is 0 Å². The zero-order valence-electron chi connectivity index (χ0n) is 13.6. The van der Waals surface area contributed by atoms with Crippen molar-refractivity contribution in [2.75, 3.05) is 0 Å². The molecule has 2 rings (SSSR count). The highest BCUT2D eigenvalue weighted by Gasteiger charge is 2.23. The van der Waals surface area contributed by atoms with Crippen molar-refractivity contribution in [3.05, 3.63) is 45.5 Å². The Morgan fingerprint density at radius 1 is 1.40 bits per heavy atom. The second-order valence-electron chi connectivity index (χ2n) is 5.84. The summed E-state index contributed by atoms with van der Waals surface area (Å²) in [5, 5.41) is 24.4. The summed E-state index contributed by atoms with van der Waals surface area (Å²) in [6.07, 6.45) is 0.308. The van der Waals surface area contributed by atoms with E-state index in [0.717, 1.165) is 11.3 Å². The Morgan fingerprint density at radius 2 is 2.12 bits per heavy atom. The molecule has 1 aromatic carbocycles. The molecule has 0 bridgehead atoms. The lowest BCUT2D eigenvalue weighted by Gasteiger charge is -2.15. The van der Waals surface area contributed by atoms with Gasteiger partial charge in [0, 0.05) is 23.1 Å². The van der Waals surface area contributed by atoms with Gasteiger partial charge in [-0.2, -0.15) is 0 Å². The maximum absolute atomic E-state index is 12.2. The Balaban J connectivity index is 2.17. The van der Waals surface area contributed by atoms with E-state index in [-0.39, 0.29) is 17.3 Å². The Labute approximate surface area is 147 Å². The lowest BCUT2D eigenvalue weighted by atomic mass is 10.0. The first-order chi connectivity index (χ1) is 11.8. The number of hydrogen-bond acceptors (Lipinski definition) is 6. The largest absolute Gasteiger partial charge is 0.480 e. The van der Waals surface area contributed by atoms with Crippen LogP contribution in [0.4, 0.5) is 5.69 Å². The fourth-order valence-corrected chi connectivity index (χ4v) is 2.99. The van der Waals surface area contributed by atoms with Crippen molar-refractivity contribution < 1.29 is 19.6 Å². The molecule has 0 spiro atoms. The van der Waals surface area contributed by atoms with E-state index in [9.17, 15) is 24.8 Å². The van der Waals surface area contributed by atoms with Crippen LogP contribution < -0.4 is 5.32 Å². The van der Waals surface area contributed by atoms with Crippen LogP contribution in [0, 0.1) is 16.0 Å². The van der Waals surface area contributed by atoms with Gasteiger partial charge in [-0.3, -0.25) is 14.9 Å². The van der Waals surface area contributed by atoms with Crippen molar-refractivity contribution in [1.29, 1.82) is 0 Å². The van der Waals surface area contributed by atoms with Gasteiger partial charge in [-0.05, 0) is 12.3 Å². The number of aromatic nitrogens is 1. The molecule has 0 radical (unpaired) electrons. The van der Waals surface area contributed by atoms with Gasteiger partial charge in [0.2, 0.25) is 0 Å². The smallest absolute Gasteiger partial charge is 0.326 e. The van der Waals surface area contributed by atoms with E-state index in [0.29, 0.717) is 17.0 Å². The van der Waals surface area contributed by atoms with E-state index in [1.165, 1.54) is 23.6 Å². The second-order valence-corrected chi connectivity index (χ2v) is 6.70. The average molecular weight is 363 g/mol. The van der Waals surface area contributed by atoms with Gasteiger partial charge in [-0.25, -0.2) is 9.78 Å². The lowest BCUT2D eigenvalue weighted by molar-refractivity contribution is -0.384. The standard InChI is InChI=1S/C16H17N3O5S/c1-9(2)6-12(16(21)22)17-14(20)13-8-25-15(18-13)10-4-3-5-11(7-10)19(23)24/h3-5,7-9,12H,6H2,1-2H3,(H,17,20)(H,21,22). The first-order valence-corrected chi connectivity index (χ1v) is 8.40. The molecule has 0 aliphatic rings. The SMILES string of the molecule is CC(C)CC(NC(=O)c1csc(-c2cccc([N+](=O)[O-])c2)n1)C(=O)O. The summed E-state index contributed by atoms with van der Waals surface area (Å²) in [5.41, 5.74) is 0.540. The van der Waals surface area contributed by atoms with Crippen molar-refractivity contribution in [2.45, 2.75) is 26.3 Å². The van der Waals surface area contributed by atoms with Crippen LogP contribution in [0.3, 0.4) is 0 Å². The van der Waals surface area contributed by atoms with Crippen LogP contribution in [0.1, 0.15) is 30.8 Å². The molecular formula is C16H17N3O5S. The molecule has 1 unspecified atom stereocenters. The Morgan fingerprint density at radius 3 is 2.72 bits per heavy atom. The van der Waals surface area contributed by atoms with Crippen LogP contribution in [0.25, 0.3) is 10.6 Å². The van der Waals surface area contributed by atoms with E-state index in [4.69, 9.17) is 0 Å². The number of nitrogens with one attached hydrogen (secondary N) is 1. The molecule has 1 aromatic heterocycles. The Bertz CT molecular complexity index is 803. The van der Waals surface area contributed by atoms with Crippen LogP contribution in [-0.4, -0.2) is 32.9 Å². The maximum Gasteiger partial charge on any atom is 0.326 e. The topological polar surface area (TPSA) is 122 Å². The van der Waals surface area contributed by atoms with Gasteiger partial charge in [0.1, 0.15) is 16.7 Å². The number of non-ortho nitro benzene ring substituents is 1. The van der Waals surface area contributed by atoms with Gasteiger partial charge in [0.25, 0.3) is 11.6 Å². The van der Waals surface area contributed by atoms with Crippen LogP contribution in [0.2, 0.25) is 0 Å². The number of nitro groups is 1. The predicted molar refractivity (Wildman–Crippen MR) is 92.5 cm³/mol. The third kappa shape index (κ3) is 4.83.